The number of cyclic esters (lactones) is 1. The summed E-state index contributed by atoms with van der Waals surface area (Å²) in [5, 5.41) is 189. The summed E-state index contributed by atoms with van der Waals surface area (Å²) in [6, 6.07) is 2.81. The molecule has 0 amide bonds. The van der Waals surface area contributed by atoms with E-state index < -0.39 is 210 Å². The van der Waals surface area contributed by atoms with Crippen LogP contribution in [0.15, 0.2) is 24.3 Å². The highest BCUT2D eigenvalue weighted by atomic mass is 16.6. The van der Waals surface area contributed by atoms with Crippen molar-refractivity contribution >= 4 is 17.9 Å². The monoisotopic (exact) mass is 920 g/mol. The number of carbonyl (C=O) groups is 3. The Labute approximate surface area is 364 Å². The van der Waals surface area contributed by atoms with Crippen LogP contribution in [-0.2, 0) is 20.6 Å². The predicted octanol–water partition coefficient (Wildman–Crippen LogP) is 1.04. The Bertz CT molecular complexity index is 3010. The number of aliphatic hydroxyl groups is 3. The van der Waals surface area contributed by atoms with Gasteiger partial charge in [0.15, 0.2) is 76.2 Å². The third-order valence-electron chi connectivity index (χ3n) is 12.0. The molecule has 0 radical (unpaired) electrons. The Morgan fingerprint density at radius 2 is 1.00 bits per heavy atom. The maximum absolute atomic E-state index is 14.9. The fourth-order valence-corrected chi connectivity index (χ4v) is 8.99. The molecule has 1 unspecified atom stereocenters. The second-order valence-corrected chi connectivity index (χ2v) is 15.6. The maximum Gasteiger partial charge on any atom is 0.340 e. The number of aliphatic hydroxyl groups excluding tert-OH is 3. The summed E-state index contributed by atoms with van der Waals surface area (Å²) >= 11 is 0. The Balaban J connectivity index is 1.46. The third-order valence-corrected chi connectivity index (χ3v) is 12.0. The number of hydrogen-bond donors (Lipinski definition) is 17. The van der Waals surface area contributed by atoms with Crippen LogP contribution in [0.4, 0.5) is 0 Å². The minimum absolute atomic E-state index is 0.246. The van der Waals surface area contributed by atoms with Crippen LogP contribution in [0.3, 0.4) is 0 Å². The molecule has 9 rings (SSSR count). The summed E-state index contributed by atoms with van der Waals surface area (Å²) in [6.45, 7) is -1.40. The van der Waals surface area contributed by atoms with Crippen molar-refractivity contribution in [3.8, 4) is 108 Å². The van der Waals surface area contributed by atoms with Crippen molar-refractivity contribution in [3.05, 3.63) is 63.2 Å². The van der Waals surface area contributed by atoms with Gasteiger partial charge in [-0.2, -0.15) is 0 Å². The molecule has 0 spiro atoms. The summed E-state index contributed by atoms with van der Waals surface area (Å²) < 4.78 is 23.0. The minimum Gasteiger partial charge on any atom is -0.507 e. The van der Waals surface area contributed by atoms with Crippen LogP contribution >= 0.6 is 0 Å². The molecule has 24 nitrogen and oxygen atoms in total. The Hall–Kier alpha value is -8.61. The highest BCUT2D eigenvalue weighted by molar-refractivity contribution is 6.16. The second-order valence-electron chi connectivity index (χ2n) is 15.6. The Morgan fingerprint density at radius 1 is 0.470 bits per heavy atom. The van der Waals surface area contributed by atoms with Gasteiger partial charge in [0.2, 0.25) is 17.2 Å². The molecule has 344 valence electrons. The van der Waals surface area contributed by atoms with Gasteiger partial charge in [-0.15, -0.1) is 0 Å². The molecule has 4 aliphatic heterocycles. The summed E-state index contributed by atoms with van der Waals surface area (Å²) in [5.74, 6) is -26.6. The largest absolute Gasteiger partial charge is 0.507 e. The average molecular weight is 921 g/mol. The second kappa shape index (κ2) is 14.5. The molecule has 0 fully saturated rings. The van der Waals surface area contributed by atoms with Crippen LogP contribution < -0.4 is 4.74 Å². The van der Waals surface area contributed by atoms with Gasteiger partial charge in [-0.05, 0) is 18.2 Å². The van der Waals surface area contributed by atoms with E-state index in [9.17, 15) is 101 Å². The number of carbonyl (C=O) groups excluding carboxylic acids is 3. The zero-order valence-corrected chi connectivity index (χ0v) is 32.7. The first-order valence-electron chi connectivity index (χ1n) is 19.1. The summed E-state index contributed by atoms with van der Waals surface area (Å²) in [7, 11) is 0. The van der Waals surface area contributed by atoms with E-state index >= 15 is 0 Å². The maximum atomic E-state index is 14.9. The number of phenolic OH excluding ortho intramolecular Hbond substituents is 14. The van der Waals surface area contributed by atoms with Gasteiger partial charge in [-0.3, -0.25) is 0 Å². The zero-order valence-electron chi connectivity index (χ0n) is 32.7. The number of phenols is 14. The lowest BCUT2D eigenvalue weighted by atomic mass is 9.73. The van der Waals surface area contributed by atoms with Crippen molar-refractivity contribution in [2.24, 2.45) is 0 Å². The summed E-state index contributed by atoms with van der Waals surface area (Å²) in [6.07, 6.45) is -14.0. The first-order chi connectivity index (χ1) is 31.1. The molecule has 0 aromatic heterocycles. The van der Waals surface area contributed by atoms with Crippen molar-refractivity contribution in [3.63, 3.8) is 0 Å². The highest BCUT2D eigenvalue weighted by Gasteiger charge is 2.55. The highest BCUT2D eigenvalue weighted by Crippen LogP contribution is 2.64. The standard InChI is InChI=1S/C42H32O24/c43-6-16-28(52)39-38-23(18-11(45)5-10(44)8-3-15(49)36(64-37(8)18)7-1-12(46)26(50)13(47)2-7)22-25(41(61)65-38)21(32(56)35(59)33(22)57)20-24(42(62)66-39)19(30(54)34(58)31(20)55)17-9(40(60)63-16)4-14(48)27(51)29(17)53/h1-2,4-5,15-16,23,28,36,38-39,43-59H,3,6H2/t15-,16-,23-,28+,36+,38-,39?/m0/s1. The number of ether oxygens (including phenoxy) is 4. The zero-order chi connectivity index (χ0) is 47.9. The molecular formula is C42H32O24. The molecule has 0 saturated heterocycles. The van der Waals surface area contributed by atoms with Gasteiger partial charge in [0.1, 0.15) is 23.4 Å². The first-order valence-corrected chi connectivity index (χ1v) is 19.1. The van der Waals surface area contributed by atoms with Crippen molar-refractivity contribution in [2.45, 2.75) is 49.0 Å². The van der Waals surface area contributed by atoms with E-state index in [0.717, 1.165) is 12.1 Å². The molecular weight excluding hydrogens is 888 g/mol. The lowest BCUT2D eigenvalue weighted by Gasteiger charge is -2.43. The molecule has 7 atom stereocenters. The number of hydrogen-bond acceptors (Lipinski definition) is 24. The molecule has 24 heteroatoms. The van der Waals surface area contributed by atoms with Gasteiger partial charge >= 0.3 is 17.9 Å². The average Bonchev–Trinajstić information content (AvgIpc) is 3.28. The number of esters is 3. The van der Waals surface area contributed by atoms with Crippen LogP contribution in [0, 0.1) is 0 Å². The van der Waals surface area contributed by atoms with Crippen molar-refractivity contribution < 1.29 is 120 Å². The van der Waals surface area contributed by atoms with Crippen LogP contribution in [0.1, 0.15) is 65.3 Å². The van der Waals surface area contributed by atoms with Crippen LogP contribution in [-0.4, -0.2) is 142 Å². The van der Waals surface area contributed by atoms with E-state index in [1.165, 1.54) is 0 Å². The SMILES string of the molecule is O=C1O[C@@H](CO)[C@@H](O)C2OC(=O)c3c(c(O)c(O)c(O)c3-c3c(O)c(O)c(O)c4c3C(=O)O[C@H]2[C@H]4c2c(O)cc(O)c3c2O[C@H](c2cc(O)c(O)c(O)c2)[C@@H](O)C3)-c2c1cc(O)c(O)c2O. The quantitative estimate of drug-likeness (QED) is 0.0683. The van der Waals surface area contributed by atoms with Crippen LogP contribution in [0.2, 0.25) is 0 Å². The summed E-state index contributed by atoms with van der Waals surface area (Å²) in [5.41, 5.74) is -10.9. The first kappa shape index (κ1) is 42.7. The number of rotatable bonds is 3. The third kappa shape index (κ3) is 5.71. The molecule has 0 saturated carbocycles. The van der Waals surface area contributed by atoms with E-state index in [2.05, 4.69) is 0 Å². The van der Waals surface area contributed by atoms with E-state index in [4.69, 9.17) is 18.9 Å². The lowest BCUT2D eigenvalue weighted by Crippen LogP contribution is -2.54. The Morgan fingerprint density at radius 3 is 1.62 bits per heavy atom. The molecule has 4 heterocycles. The minimum atomic E-state index is -2.64. The predicted molar refractivity (Wildman–Crippen MR) is 209 cm³/mol. The topological polar surface area (TPSA) is 432 Å². The Kier molecular flexibility index (Phi) is 9.35. The van der Waals surface area contributed by atoms with E-state index in [1.807, 2.05) is 0 Å². The molecule has 4 bridgehead atoms. The molecule has 17 N–H and O–H groups in total. The van der Waals surface area contributed by atoms with Gasteiger partial charge in [0.25, 0.3) is 0 Å². The van der Waals surface area contributed by atoms with Crippen molar-refractivity contribution in [1.29, 1.82) is 0 Å². The van der Waals surface area contributed by atoms with Crippen molar-refractivity contribution in [2.75, 3.05) is 6.61 Å². The molecule has 5 aromatic carbocycles. The van der Waals surface area contributed by atoms with Crippen LogP contribution in [0.25, 0.3) is 22.3 Å². The molecule has 5 aromatic rings. The van der Waals surface area contributed by atoms with E-state index in [0.29, 0.717) is 12.1 Å². The number of aromatic hydroxyl groups is 14. The normalized spacial score (nSPS) is 22.8. The molecule has 0 aliphatic carbocycles. The number of benzene rings is 5. The van der Waals surface area contributed by atoms with Gasteiger partial charge < -0.3 is 106 Å². The van der Waals surface area contributed by atoms with E-state index in [1.54, 1.807) is 0 Å². The van der Waals surface area contributed by atoms with E-state index in [-0.39, 0.29) is 11.1 Å². The fourth-order valence-electron chi connectivity index (χ4n) is 8.99. The molecule has 4 aliphatic rings. The number of fused-ring (bicyclic) bond motifs is 9. The smallest absolute Gasteiger partial charge is 0.340 e. The van der Waals surface area contributed by atoms with Gasteiger partial charge in [-0.25, -0.2) is 14.4 Å². The fraction of sp³-hybridized carbons (Fsp3) is 0.214. The van der Waals surface area contributed by atoms with Gasteiger partial charge in [0, 0.05) is 57.0 Å². The lowest BCUT2D eigenvalue weighted by molar-refractivity contribution is -0.130. The summed E-state index contributed by atoms with van der Waals surface area (Å²) in [4.78, 5) is 43.5. The van der Waals surface area contributed by atoms with Crippen LogP contribution in [0.5, 0.6) is 86.2 Å². The molecule has 66 heavy (non-hydrogen) atoms. The van der Waals surface area contributed by atoms with Gasteiger partial charge in [-0.1, -0.05) is 0 Å². The van der Waals surface area contributed by atoms with Gasteiger partial charge in [0.05, 0.1) is 35.3 Å². The van der Waals surface area contributed by atoms with Crippen molar-refractivity contribution in [1.82, 2.24) is 0 Å².